The van der Waals surface area contributed by atoms with Crippen LogP contribution in [0.2, 0.25) is 0 Å². The van der Waals surface area contributed by atoms with E-state index in [1.807, 2.05) is 6.92 Å². The Morgan fingerprint density at radius 2 is 1.88 bits per heavy atom. The van der Waals surface area contributed by atoms with Crippen LogP contribution in [0.25, 0.3) is 11.3 Å². The summed E-state index contributed by atoms with van der Waals surface area (Å²) in [7, 11) is 0. The van der Waals surface area contributed by atoms with Gasteiger partial charge in [-0.3, -0.25) is 9.78 Å². The molecule has 2 aromatic heterocycles. The molecule has 130 valence electrons. The number of hydrogen-bond acceptors (Lipinski definition) is 5. The van der Waals surface area contributed by atoms with Crippen LogP contribution in [0.15, 0.2) is 64.4 Å². The highest BCUT2D eigenvalue weighted by molar-refractivity contribution is 5.94. The third kappa shape index (κ3) is 3.84. The highest BCUT2D eigenvalue weighted by atomic mass is 16.4. The van der Waals surface area contributed by atoms with Crippen LogP contribution in [-0.4, -0.2) is 28.2 Å². The molecule has 3 aromatic rings. The summed E-state index contributed by atoms with van der Waals surface area (Å²) < 4.78 is 5.67. The smallest absolute Gasteiger partial charge is 0.335 e. The van der Waals surface area contributed by atoms with E-state index in [4.69, 9.17) is 9.52 Å². The van der Waals surface area contributed by atoms with Crippen molar-refractivity contribution in [3.63, 3.8) is 0 Å². The number of carbonyl (C=O) groups is 2. The van der Waals surface area contributed by atoms with Gasteiger partial charge in [0.15, 0.2) is 0 Å². The number of carbonyl (C=O) groups excluding carboxylic acids is 1. The molecule has 2 N–H and O–H groups in total. The first-order valence-corrected chi connectivity index (χ1v) is 7.72. The number of amides is 1. The van der Waals surface area contributed by atoms with E-state index in [1.54, 1.807) is 42.5 Å². The number of carboxylic acid groups (broad SMARTS) is 1. The molecule has 1 aromatic carbocycles. The maximum Gasteiger partial charge on any atom is 0.335 e. The van der Waals surface area contributed by atoms with E-state index in [2.05, 4.69) is 15.5 Å². The molecule has 1 amide bonds. The Morgan fingerprint density at radius 1 is 1.12 bits per heavy atom. The fourth-order valence-corrected chi connectivity index (χ4v) is 2.31. The molecular weight excluding hydrogens is 334 g/mol. The molecule has 7 heteroatoms. The summed E-state index contributed by atoms with van der Waals surface area (Å²) in [5, 5.41) is 13.0. The topological polar surface area (TPSA) is 105 Å². The van der Waals surface area contributed by atoms with Crippen molar-refractivity contribution in [3.8, 4) is 11.3 Å². The molecule has 0 bridgehead atoms. The summed E-state index contributed by atoms with van der Waals surface area (Å²) in [6, 6.07) is 11.4. The molecule has 0 unspecified atom stereocenters. The molecule has 0 saturated carbocycles. The standard InChI is InChI=1S/C19H15N3O4/c1-12-2-3-14(19(24)25)10-16(12)17-5-4-15(26-17)11-21-22-18(23)13-6-8-20-9-7-13/h2-11H,1H3,(H,22,23)(H,24,25). The van der Waals surface area contributed by atoms with Gasteiger partial charge in [-0.05, 0) is 48.9 Å². The highest BCUT2D eigenvalue weighted by Crippen LogP contribution is 2.26. The van der Waals surface area contributed by atoms with Gasteiger partial charge in [-0.15, -0.1) is 0 Å². The molecular formula is C19H15N3O4. The van der Waals surface area contributed by atoms with Gasteiger partial charge in [0, 0.05) is 23.5 Å². The molecule has 7 nitrogen and oxygen atoms in total. The number of nitrogens with zero attached hydrogens (tertiary/aromatic N) is 2. The number of aromatic nitrogens is 1. The number of nitrogens with one attached hydrogen (secondary N) is 1. The van der Waals surface area contributed by atoms with Gasteiger partial charge in [-0.1, -0.05) is 6.07 Å². The molecule has 0 aliphatic carbocycles. The van der Waals surface area contributed by atoms with Gasteiger partial charge in [-0.25, -0.2) is 10.2 Å². The largest absolute Gasteiger partial charge is 0.478 e. The second kappa shape index (κ2) is 7.43. The number of aromatic carboxylic acids is 1. The Hall–Kier alpha value is -3.74. The summed E-state index contributed by atoms with van der Waals surface area (Å²) in [5.74, 6) is -0.415. The van der Waals surface area contributed by atoms with E-state index < -0.39 is 5.97 Å². The van der Waals surface area contributed by atoms with Crippen LogP contribution in [0.5, 0.6) is 0 Å². The van der Waals surface area contributed by atoms with Crippen molar-refractivity contribution in [1.29, 1.82) is 0 Å². The Balaban J connectivity index is 1.73. The summed E-state index contributed by atoms with van der Waals surface area (Å²) in [5.41, 5.74) is 4.60. The van der Waals surface area contributed by atoms with Crippen LogP contribution in [-0.2, 0) is 0 Å². The summed E-state index contributed by atoms with van der Waals surface area (Å²) in [4.78, 5) is 26.8. The summed E-state index contributed by atoms with van der Waals surface area (Å²) in [6.07, 6.45) is 4.41. The van der Waals surface area contributed by atoms with Crippen LogP contribution >= 0.6 is 0 Å². The molecule has 26 heavy (non-hydrogen) atoms. The number of benzene rings is 1. The van der Waals surface area contributed by atoms with Crippen molar-refractivity contribution in [2.75, 3.05) is 0 Å². The Kier molecular flexibility index (Phi) is 4.89. The maximum atomic E-state index is 11.9. The quantitative estimate of drug-likeness (QED) is 0.544. The summed E-state index contributed by atoms with van der Waals surface area (Å²) in [6.45, 7) is 1.87. The fourth-order valence-electron chi connectivity index (χ4n) is 2.31. The Morgan fingerprint density at radius 3 is 2.62 bits per heavy atom. The van der Waals surface area contributed by atoms with E-state index in [0.717, 1.165) is 5.56 Å². The lowest BCUT2D eigenvalue weighted by molar-refractivity contribution is 0.0696. The van der Waals surface area contributed by atoms with Crippen LogP contribution in [0.1, 0.15) is 32.0 Å². The number of carboxylic acids is 1. The van der Waals surface area contributed by atoms with Gasteiger partial charge in [-0.2, -0.15) is 5.10 Å². The van der Waals surface area contributed by atoms with Crippen LogP contribution in [0.3, 0.4) is 0 Å². The van der Waals surface area contributed by atoms with E-state index in [1.165, 1.54) is 18.6 Å². The minimum absolute atomic E-state index is 0.182. The number of rotatable bonds is 5. The first-order valence-electron chi connectivity index (χ1n) is 7.72. The second-order valence-electron chi connectivity index (χ2n) is 5.47. The van der Waals surface area contributed by atoms with Crippen molar-refractivity contribution < 1.29 is 19.1 Å². The van der Waals surface area contributed by atoms with Crippen molar-refractivity contribution in [1.82, 2.24) is 10.4 Å². The number of aryl methyl sites for hydroxylation is 1. The average Bonchev–Trinajstić information content (AvgIpc) is 3.11. The molecule has 0 radical (unpaired) electrons. The lowest BCUT2D eigenvalue weighted by Gasteiger charge is -2.04. The van der Waals surface area contributed by atoms with Crippen molar-refractivity contribution in [3.05, 3.63) is 77.3 Å². The zero-order valence-electron chi connectivity index (χ0n) is 13.8. The number of furan rings is 1. The molecule has 0 aliphatic heterocycles. The third-order valence-electron chi connectivity index (χ3n) is 3.68. The zero-order chi connectivity index (χ0) is 18.5. The first-order chi connectivity index (χ1) is 12.5. The van der Waals surface area contributed by atoms with Crippen molar-refractivity contribution >= 4 is 18.1 Å². The Labute approximate surface area is 149 Å². The third-order valence-corrected chi connectivity index (χ3v) is 3.68. The van der Waals surface area contributed by atoms with Crippen LogP contribution in [0, 0.1) is 6.92 Å². The van der Waals surface area contributed by atoms with Crippen molar-refractivity contribution in [2.24, 2.45) is 5.10 Å². The minimum Gasteiger partial charge on any atom is -0.478 e. The fraction of sp³-hybridized carbons (Fsp3) is 0.0526. The van der Waals surface area contributed by atoms with E-state index in [0.29, 0.717) is 22.6 Å². The number of pyridine rings is 1. The predicted octanol–water partition coefficient (Wildman–Crippen LogP) is 3.11. The van der Waals surface area contributed by atoms with Crippen LogP contribution < -0.4 is 5.43 Å². The molecule has 0 fully saturated rings. The maximum absolute atomic E-state index is 11.9. The second-order valence-corrected chi connectivity index (χ2v) is 5.47. The zero-order valence-corrected chi connectivity index (χ0v) is 13.8. The van der Waals surface area contributed by atoms with Gasteiger partial charge in [0.1, 0.15) is 11.5 Å². The van der Waals surface area contributed by atoms with Crippen molar-refractivity contribution in [2.45, 2.75) is 6.92 Å². The highest BCUT2D eigenvalue weighted by Gasteiger charge is 2.11. The average molecular weight is 349 g/mol. The van der Waals surface area contributed by atoms with E-state index >= 15 is 0 Å². The van der Waals surface area contributed by atoms with E-state index in [9.17, 15) is 9.59 Å². The SMILES string of the molecule is Cc1ccc(C(=O)O)cc1-c1ccc(C=NNC(=O)c2ccncc2)o1. The normalized spacial score (nSPS) is 10.8. The Bertz CT molecular complexity index is 977. The summed E-state index contributed by atoms with van der Waals surface area (Å²) >= 11 is 0. The van der Waals surface area contributed by atoms with Gasteiger partial charge in [0.05, 0.1) is 11.8 Å². The first kappa shape index (κ1) is 17.1. The molecule has 0 atom stereocenters. The molecule has 0 saturated heterocycles. The van der Waals surface area contributed by atoms with Gasteiger partial charge in [0.2, 0.25) is 0 Å². The van der Waals surface area contributed by atoms with Crippen LogP contribution in [0.4, 0.5) is 0 Å². The monoisotopic (exact) mass is 349 g/mol. The molecule has 3 rings (SSSR count). The minimum atomic E-state index is -1.00. The van der Waals surface area contributed by atoms with E-state index in [-0.39, 0.29) is 11.5 Å². The molecule has 0 spiro atoms. The molecule has 2 heterocycles. The molecule has 0 aliphatic rings. The lowest BCUT2D eigenvalue weighted by Crippen LogP contribution is -2.17. The number of hydrazone groups is 1. The lowest BCUT2D eigenvalue weighted by atomic mass is 10.0. The van der Waals surface area contributed by atoms with Gasteiger partial charge < -0.3 is 9.52 Å². The number of hydrogen-bond donors (Lipinski definition) is 2. The van der Waals surface area contributed by atoms with Gasteiger partial charge >= 0.3 is 5.97 Å². The van der Waals surface area contributed by atoms with Gasteiger partial charge in [0.25, 0.3) is 5.91 Å². The predicted molar refractivity (Wildman–Crippen MR) is 95.1 cm³/mol.